The van der Waals surface area contributed by atoms with E-state index < -0.39 is 11.7 Å². The molecule has 0 unspecified atom stereocenters. The van der Waals surface area contributed by atoms with Crippen molar-refractivity contribution in [3.63, 3.8) is 0 Å². The second kappa shape index (κ2) is 10.9. The molecule has 0 fully saturated rings. The number of aromatic nitrogens is 1. The molecule has 0 radical (unpaired) electrons. The van der Waals surface area contributed by atoms with Crippen LogP contribution in [0.15, 0.2) is 109 Å². The molecule has 7 rings (SSSR count). The molecule has 224 valence electrons. The maximum atomic E-state index is 13.4. The lowest BCUT2D eigenvalue weighted by Crippen LogP contribution is -2.16. The number of pyridine rings is 1. The molecule has 45 heavy (non-hydrogen) atoms. The van der Waals surface area contributed by atoms with E-state index >= 15 is 0 Å². The fraction of sp³-hybridized carbons (Fsp3) is 0.108. The zero-order chi connectivity index (χ0) is 31.3. The molecule has 0 amide bonds. The molecule has 5 nitrogen and oxygen atoms in total. The zero-order valence-corrected chi connectivity index (χ0v) is 24.6. The van der Waals surface area contributed by atoms with Gasteiger partial charge in [0, 0.05) is 10.9 Å². The Balaban J connectivity index is 1.54. The van der Waals surface area contributed by atoms with Crippen molar-refractivity contribution in [3.05, 3.63) is 120 Å². The number of anilines is 3. The highest BCUT2D eigenvalue weighted by molar-refractivity contribution is 6.07. The molecule has 0 bridgehead atoms. The number of rotatable bonds is 5. The predicted molar refractivity (Wildman–Crippen MR) is 170 cm³/mol. The lowest BCUT2D eigenvalue weighted by Gasteiger charge is -2.33. The first-order chi connectivity index (χ1) is 21.8. The summed E-state index contributed by atoms with van der Waals surface area (Å²) in [4.78, 5) is 7.28. The van der Waals surface area contributed by atoms with Crippen LogP contribution in [0.25, 0.3) is 33.3 Å². The average Bonchev–Trinajstić information content (AvgIpc) is 3.06. The average molecular weight is 605 g/mol. The first-order valence-electron chi connectivity index (χ1n) is 14.3. The van der Waals surface area contributed by atoms with Crippen molar-refractivity contribution in [1.82, 2.24) is 4.98 Å². The van der Waals surface area contributed by atoms with Crippen LogP contribution in [0.2, 0.25) is 0 Å². The molecule has 1 aromatic heterocycles. The van der Waals surface area contributed by atoms with E-state index in [2.05, 4.69) is 11.0 Å². The van der Waals surface area contributed by atoms with Crippen LogP contribution in [-0.4, -0.2) is 19.2 Å². The highest BCUT2D eigenvalue weighted by atomic mass is 19.4. The minimum absolute atomic E-state index is 0.530. The number of fused-ring (bicyclic) bond motifs is 3. The fourth-order valence-electron chi connectivity index (χ4n) is 5.85. The molecule has 1 aliphatic rings. The number of methoxy groups -OCH3 is 2. The monoisotopic (exact) mass is 604 g/mol. The van der Waals surface area contributed by atoms with Crippen molar-refractivity contribution in [3.8, 4) is 45.4 Å². The van der Waals surface area contributed by atoms with E-state index in [4.69, 9.17) is 19.2 Å². The van der Waals surface area contributed by atoms with Gasteiger partial charge in [-0.15, -0.1) is 0 Å². The highest BCUT2D eigenvalue weighted by Gasteiger charge is 2.31. The van der Waals surface area contributed by atoms with Crippen molar-refractivity contribution < 1.29 is 27.4 Å². The number of halogens is 3. The number of ether oxygens (including phenoxy) is 3. The molecule has 2 heterocycles. The molecule has 1 aliphatic heterocycles. The molecule has 0 atom stereocenters. The predicted octanol–water partition coefficient (Wildman–Crippen LogP) is 10.5. The van der Waals surface area contributed by atoms with Gasteiger partial charge in [0.15, 0.2) is 23.0 Å². The Morgan fingerprint density at radius 3 is 1.91 bits per heavy atom. The van der Waals surface area contributed by atoms with Crippen molar-refractivity contribution in [2.24, 2.45) is 0 Å². The highest BCUT2D eigenvalue weighted by Crippen LogP contribution is 2.52. The number of alkyl halides is 3. The lowest BCUT2D eigenvalue weighted by atomic mass is 9.94. The molecule has 0 saturated heterocycles. The van der Waals surface area contributed by atoms with E-state index in [-0.39, 0.29) is 0 Å². The van der Waals surface area contributed by atoms with Crippen LogP contribution in [0.3, 0.4) is 0 Å². The summed E-state index contributed by atoms with van der Waals surface area (Å²) in [7, 11) is 3.16. The Labute approximate surface area is 258 Å². The maximum absolute atomic E-state index is 13.4. The summed E-state index contributed by atoms with van der Waals surface area (Å²) in [6, 6.07) is 32.4. The van der Waals surface area contributed by atoms with E-state index in [0.29, 0.717) is 39.8 Å². The van der Waals surface area contributed by atoms with Gasteiger partial charge in [-0.2, -0.15) is 13.2 Å². The summed E-state index contributed by atoms with van der Waals surface area (Å²) >= 11 is 0. The summed E-state index contributed by atoms with van der Waals surface area (Å²) in [6.07, 6.45) is -4.44. The normalized spacial score (nSPS) is 12.4. The smallest absolute Gasteiger partial charge is 0.416 e. The minimum atomic E-state index is -4.44. The van der Waals surface area contributed by atoms with Crippen LogP contribution in [0.1, 0.15) is 11.1 Å². The Bertz CT molecular complexity index is 2030. The molecular weight excluding hydrogens is 577 g/mol. The zero-order valence-electron chi connectivity index (χ0n) is 24.6. The van der Waals surface area contributed by atoms with Gasteiger partial charge in [0.1, 0.15) is 0 Å². The Morgan fingerprint density at radius 1 is 0.667 bits per heavy atom. The summed E-state index contributed by atoms with van der Waals surface area (Å²) < 4.78 is 57.7. The Kier molecular flexibility index (Phi) is 6.85. The molecular formula is C37H27F3N2O3. The first kappa shape index (κ1) is 28.3. The number of nitrogens with zero attached hydrogens (tertiary/aromatic N) is 2. The van der Waals surface area contributed by atoms with Crippen LogP contribution in [0.4, 0.5) is 30.2 Å². The van der Waals surface area contributed by atoms with Gasteiger partial charge in [-0.05, 0) is 84.3 Å². The van der Waals surface area contributed by atoms with Crippen LogP contribution in [0.5, 0.6) is 23.0 Å². The standard InChI is InChI=1S/C37H27F3N2O3/c1-22-12-18-30(42-28-8-4-6-10-31(28)45-32-11-7-5-9-29(32)42)36-35(22)26(24-15-19-33(43-2)34(20-24)44-3)21-27(41-36)23-13-16-25(17-14-23)37(38,39)40/h4-21H,1-3H3. The van der Waals surface area contributed by atoms with Gasteiger partial charge in [-0.25, -0.2) is 4.98 Å². The van der Waals surface area contributed by atoms with Crippen LogP contribution >= 0.6 is 0 Å². The molecule has 0 saturated carbocycles. The third kappa shape index (κ3) is 4.88. The van der Waals surface area contributed by atoms with Crippen LogP contribution in [-0.2, 0) is 6.18 Å². The van der Waals surface area contributed by atoms with Gasteiger partial charge < -0.3 is 19.1 Å². The van der Waals surface area contributed by atoms with Crippen LogP contribution in [0, 0.1) is 6.92 Å². The fourth-order valence-corrected chi connectivity index (χ4v) is 5.85. The van der Waals surface area contributed by atoms with Crippen molar-refractivity contribution in [2.75, 3.05) is 19.1 Å². The number of aryl methyl sites for hydroxylation is 1. The number of benzene rings is 5. The van der Waals surface area contributed by atoms with E-state index in [0.717, 1.165) is 51.3 Å². The van der Waals surface area contributed by atoms with E-state index in [1.807, 2.05) is 85.8 Å². The van der Waals surface area contributed by atoms with Gasteiger partial charge in [0.05, 0.1) is 48.1 Å². The molecule has 0 N–H and O–H groups in total. The number of hydrogen-bond acceptors (Lipinski definition) is 5. The lowest BCUT2D eigenvalue weighted by molar-refractivity contribution is -0.137. The Morgan fingerprint density at radius 2 is 1.29 bits per heavy atom. The van der Waals surface area contributed by atoms with Crippen molar-refractivity contribution in [2.45, 2.75) is 13.1 Å². The second-order valence-electron chi connectivity index (χ2n) is 10.7. The largest absolute Gasteiger partial charge is 0.493 e. The minimum Gasteiger partial charge on any atom is -0.493 e. The second-order valence-corrected chi connectivity index (χ2v) is 10.7. The van der Waals surface area contributed by atoms with Gasteiger partial charge in [-0.1, -0.05) is 48.5 Å². The van der Waals surface area contributed by atoms with Gasteiger partial charge in [-0.3, -0.25) is 0 Å². The molecule has 8 heteroatoms. The summed E-state index contributed by atoms with van der Waals surface area (Å²) in [5.41, 5.74) is 6.22. The summed E-state index contributed by atoms with van der Waals surface area (Å²) in [6.45, 7) is 2.02. The number of hydrogen-bond donors (Lipinski definition) is 0. The first-order valence-corrected chi connectivity index (χ1v) is 14.3. The van der Waals surface area contributed by atoms with Gasteiger partial charge in [0.2, 0.25) is 0 Å². The van der Waals surface area contributed by atoms with Gasteiger partial charge >= 0.3 is 6.18 Å². The third-order valence-corrected chi connectivity index (χ3v) is 8.02. The molecule has 5 aromatic carbocycles. The summed E-state index contributed by atoms with van der Waals surface area (Å²) in [5.74, 6) is 2.54. The topological polar surface area (TPSA) is 43.8 Å². The SMILES string of the molecule is COc1ccc(-c2cc(-c3ccc(C(F)(F)F)cc3)nc3c(N4c5ccccc5Oc5ccccc54)ccc(C)c23)cc1OC. The summed E-state index contributed by atoms with van der Waals surface area (Å²) in [5, 5.41) is 0.900. The maximum Gasteiger partial charge on any atom is 0.416 e. The number of para-hydroxylation sites is 4. The molecule has 0 spiro atoms. The molecule has 0 aliphatic carbocycles. The van der Waals surface area contributed by atoms with Crippen LogP contribution < -0.4 is 19.1 Å². The van der Waals surface area contributed by atoms with E-state index in [1.165, 1.54) is 12.1 Å². The van der Waals surface area contributed by atoms with E-state index in [9.17, 15) is 13.2 Å². The Hall–Kier alpha value is -5.50. The third-order valence-electron chi connectivity index (χ3n) is 8.02. The van der Waals surface area contributed by atoms with Gasteiger partial charge in [0.25, 0.3) is 0 Å². The van der Waals surface area contributed by atoms with E-state index in [1.54, 1.807) is 14.2 Å². The quantitative estimate of drug-likeness (QED) is 0.196. The molecule has 6 aromatic rings. The van der Waals surface area contributed by atoms with Crippen molar-refractivity contribution in [1.29, 1.82) is 0 Å². The van der Waals surface area contributed by atoms with Crippen molar-refractivity contribution >= 4 is 28.0 Å².